The van der Waals surface area contributed by atoms with Gasteiger partial charge in [0.1, 0.15) is 0 Å². The Morgan fingerprint density at radius 2 is 1.80 bits per heavy atom. The van der Waals surface area contributed by atoms with Crippen molar-refractivity contribution in [2.75, 3.05) is 36.4 Å². The molecule has 8 nitrogen and oxygen atoms in total. The maximum atomic E-state index is 12.9. The van der Waals surface area contributed by atoms with E-state index in [9.17, 15) is 14.9 Å². The van der Waals surface area contributed by atoms with E-state index in [0.29, 0.717) is 0 Å². The summed E-state index contributed by atoms with van der Waals surface area (Å²) in [5.74, 6) is -0.0462. The summed E-state index contributed by atoms with van der Waals surface area (Å²) < 4.78 is 0. The molecule has 0 radical (unpaired) electrons. The van der Waals surface area contributed by atoms with Crippen molar-refractivity contribution in [2.45, 2.75) is 13.0 Å². The summed E-state index contributed by atoms with van der Waals surface area (Å²) in [6.45, 7) is 4.91. The number of fused-ring (bicyclic) bond motifs is 1. The van der Waals surface area contributed by atoms with E-state index >= 15 is 0 Å². The summed E-state index contributed by atoms with van der Waals surface area (Å²) in [7, 11) is 0. The molecule has 0 bridgehead atoms. The van der Waals surface area contributed by atoms with Crippen LogP contribution in [0, 0.1) is 10.1 Å². The first kappa shape index (κ1) is 19.8. The smallest absolute Gasteiger partial charge is 0.269 e. The highest BCUT2D eigenvalue weighted by Crippen LogP contribution is 2.23. The lowest BCUT2D eigenvalue weighted by atomic mass is 10.1. The Bertz CT molecular complexity index is 1060. The Balaban J connectivity index is 1.37. The van der Waals surface area contributed by atoms with E-state index in [-0.39, 0.29) is 17.6 Å². The minimum absolute atomic E-state index is 0.0462. The van der Waals surface area contributed by atoms with Gasteiger partial charge in [0.05, 0.1) is 22.2 Å². The van der Waals surface area contributed by atoms with Gasteiger partial charge in [-0.15, -0.1) is 0 Å². The molecule has 1 aliphatic heterocycles. The fraction of sp³-hybridized carbons (Fsp3) is 0.273. The van der Waals surface area contributed by atoms with Crippen LogP contribution in [-0.2, 0) is 4.79 Å². The van der Waals surface area contributed by atoms with E-state index in [1.807, 2.05) is 37.3 Å². The van der Waals surface area contributed by atoms with Crippen molar-refractivity contribution in [1.82, 2.24) is 9.88 Å². The average molecular weight is 405 g/mol. The number of rotatable bonds is 5. The number of nitro benzene ring substituents is 1. The molecule has 1 atom stereocenters. The molecule has 1 amide bonds. The molecule has 1 unspecified atom stereocenters. The quantitative estimate of drug-likeness (QED) is 0.517. The van der Waals surface area contributed by atoms with Crippen molar-refractivity contribution >= 4 is 33.9 Å². The molecular weight excluding hydrogens is 382 g/mol. The van der Waals surface area contributed by atoms with Gasteiger partial charge in [-0.25, -0.2) is 0 Å². The molecule has 0 aliphatic carbocycles. The maximum Gasteiger partial charge on any atom is 0.269 e. The zero-order valence-electron chi connectivity index (χ0n) is 16.7. The van der Waals surface area contributed by atoms with Gasteiger partial charge in [0.2, 0.25) is 5.91 Å². The number of nitrogens with zero attached hydrogens (tertiary/aromatic N) is 4. The number of pyridine rings is 1. The van der Waals surface area contributed by atoms with E-state index in [1.165, 1.54) is 12.1 Å². The number of carbonyl (C=O) groups is 1. The van der Waals surface area contributed by atoms with Crippen LogP contribution in [-0.4, -0.2) is 52.9 Å². The normalized spacial score (nSPS) is 15.7. The Labute approximate surface area is 174 Å². The number of anilines is 2. The second-order valence-electron chi connectivity index (χ2n) is 7.34. The number of non-ortho nitro benzene ring substituents is 1. The second-order valence-corrected chi connectivity index (χ2v) is 7.34. The fourth-order valence-electron chi connectivity index (χ4n) is 3.77. The monoisotopic (exact) mass is 405 g/mol. The van der Waals surface area contributed by atoms with E-state index in [0.717, 1.165) is 48.5 Å². The third-order valence-corrected chi connectivity index (χ3v) is 5.57. The number of carbonyl (C=O) groups excluding carboxylic acids is 1. The van der Waals surface area contributed by atoms with E-state index in [4.69, 9.17) is 0 Å². The molecule has 3 aromatic rings. The lowest BCUT2D eigenvalue weighted by Gasteiger charge is -2.38. The Morgan fingerprint density at radius 3 is 2.50 bits per heavy atom. The highest BCUT2D eigenvalue weighted by Gasteiger charge is 2.26. The van der Waals surface area contributed by atoms with Gasteiger partial charge in [-0.3, -0.25) is 24.8 Å². The van der Waals surface area contributed by atoms with Crippen molar-refractivity contribution in [1.29, 1.82) is 0 Å². The molecular formula is C22H23N5O3. The summed E-state index contributed by atoms with van der Waals surface area (Å²) in [6.07, 6.45) is 1.74. The lowest BCUT2D eigenvalue weighted by Crippen LogP contribution is -2.52. The molecule has 4 rings (SSSR count). The van der Waals surface area contributed by atoms with Crippen LogP contribution in [0.25, 0.3) is 10.9 Å². The largest absolute Gasteiger partial charge is 0.369 e. The molecule has 0 saturated carbocycles. The summed E-state index contributed by atoms with van der Waals surface area (Å²) >= 11 is 0. The number of hydrogen-bond acceptors (Lipinski definition) is 6. The molecule has 2 heterocycles. The van der Waals surface area contributed by atoms with Crippen LogP contribution in [0.2, 0.25) is 0 Å². The van der Waals surface area contributed by atoms with Crippen molar-refractivity contribution in [3.05, 3.63) is 70.9 Å². The Hall–Kier alpha value is -3.52. The third kappa shape index (κ3) is 4.08. The van der Waals surface area contributed by atoms with Crippen molar-refractivity contribution in [3.8, 4) is 0 Å². The number of nitro groups is 1. The van der Waals surface area contributed by atoms with Gasteiger partial charge in [-0.1, -0.05) is 6.07 Å². The van der Waals surface area contributed by atoms with Crippen LogP contribution in [0.5, 0.6) is 0 Å². The third-order valence-electron chi connectivity index (χ3n) is 5.57. The van der Waals surface area contributed by atoms with Crippen LogP contribution >= 0.6 is 0 Å². The number of nitrogens with one attached hydrogen (secondary N) is 1. The van der Waals surface area contributed by atoms with Gasteiger partial charge in [0, 0.05) is 55.6 Å². The molecule has 1 aromatic heterocycles. The van der Waals surface area contributed by atoms with Crippen LogP contribution in [0.15, 0.2) is 60.8 Å². The Morgan fingerprint density at radius 1 is 1.07 bits per heavy atom. The predicted octanol–water partition coefficient (Wildman–Crippen LogP) is 3.29. The van der Waals surface area contributed by atoms with Gasteiger partial charge in [0.25, 0.3) is 5.69 Å². The molecule has 1 saturated heterocycles. The highest BCUT2D eigenvalue weighted by molar-refractivity contribution is 6.02. The van der Waals surface area contributed by atoms with Crippen molar-refractivity contribution in [3.63, 3.8) is 0 Å². The zero-order chi connectivity index (χ0) is 21.1. The molecule has 1 fully saturated rings. The van der Waals surface area contributed by atoms with Crippen molar-refractivity contribution in [2.24, 2.45) is 0 Å². The molecule has 8 heteroatoms. The SMILES string of the molecule is CC(C(=O)Nc1cccc2ncccc12)N1CCN(c2ccc([N+](=O)[O-])cc2)CC1. The number of piperazine rings is 1. The molecule has 1 N–H and O–H groups in total. The summed E-state index contributed by atoms with van der Waals surface area (Å²) in [5.41, 5.74) is 2.66. The molecule has 0 spiro atoms. The van der Waals surface area contributed by atoms with E-state index in [1.54, 1.807) is 18.3 Å². The standard InChI is InChI=1S/C22H23N5O3/c1-16(22(28)24-21-6-2-5-20-19(21)4-3-11-23-20)25-12-14-26(15-13-25)17-7-9-18(10-8-17)27(29)30/h2-11,16H,12-15H2,1H3,(H,24,28). The first-order valence-electron chi connectivity index (χ1n) is 9.91. The van der Waals surface area contributed by atoms with Gasteiger partial charge < -0.3 is 10.2 Å². The molecule has 2 aromatic carbocycles. The number of amides is 1. The topological polar surface area (TPSA) is 91.6 Å². The zero-order valence-corrected chi connectivity index (χ0v) is 16.7. The number of aromatic nitrogens is 1. The first-order valence-corrected chi connectivity index (χ1v) is 9.91. The van der Waals surface area contributed by atoms with Gasteiger partial charge >= 0.3 is 0 Å². The number of hydrogen-bond donors (Lipinski definition) is 1. The summed E-state index contributed by atoms with van der Waals surface area (Å²) in [5, 5.41) is 14.8. The summed E-state index contributed by atoms with van der Waals surface area (Å²) in [6, 6.07) is 15.8. The predicted molar refractivity (Wildman–Crippen MR) is 117 cm³/mol. The second kappa shape index (κ2) is 8.46. The van der Waals surface area contributed by atoms with E-state index < -0.39 is 4.92 Å². The van der Waals surface area contributed by atoms with Crippen LogP contribution in [0.4, 0.5) is 17.1 Å². The molecule has 1 aliphatic rings. The van der Waals surface area contributed by atoms with Crippen LogP contribution < -0.4 is 10.2 Å². The van der Waals surface area contributed by atoms with Crippen LogP contribution in [0.1, 0.15) is 6.92 Å². The van der Waals surface area contributed by atoms with Gasteiger partial charge in [-0.05, 0) is 43.3 Å². The fourth-order valence-corrected chi connectivity index (χ4v) is 3.77. The average Bonchev–Trinajstić information content (AvgIpc) is 2.79. The van der Waals surface area contributed by atoms with Crippen LogP contribution in [0.3, 0.4) is 0 Å². The van der Waals surface area contributed by atoms with Crippen molar-refractivity contribution < 1.29 is 9.72 Å². The highest BCUT2D eigenvalue weighted by atomic mass is 16.6. The maximum absolute atomic E-state index is 12.9. The minimum atomic E-state index is -0.395. The van der Waals surface area contributed by atoms with Gasteiger partial charge in [0.15, 0.2) is 0 Å². The lowest BCUT2D eigenvalue weighted by molar-refractivity contribution is -0.384. The minimum Gasteiger partial charge on any atom is -0.369 e. The van der Waals surface area contributed by atoms with Gasteiger partial charge in [-0.2, -0.15) is 0 Å². The molecule has 154 valence electrons. The summed E-state index contributed by atoms with van der Waals surface area (Å²) in [4.78, 5) is 31.9. The Kier molecular flexibility index (Phi) is 5.58. The molecule has 30 heavy (non-hydrogen) atoms. The number of benzene rings is 2. The van der Waals surface area contributed by atoms with E-state index in [2.05, 4.69) is 20.1 Å². The first-order chi connectivity index (χ1) is 14.5.